The highest BCUT2D eigenvalue weighted by atomic mass is 16.5. The summed E-state index contributed by atoms with van der Waals surface area (Å²) in [6, 6.07) is 13.7. The molecule has 0 aliphatic heterocycles. The van der Waals surface area contributed by atoms with Crippen LogP contribution in [-0.2, 0) is 6.54 Å². The quantitative estimate of drug-likeness (QED) is 0.684. The van der Waals surface area contributed by atoms with Gasteiger partial charge in [0.25, 0.3) is 0 Å². The molecule has 0 saturated carbocycles. The average molecular weight is 358 g/mol. The topological polar surface area (TPSA) is 64.5 Å². The smallest absolute Gasteiger partial charge is 0.161 e. The summed E-state index contributed by atoms with van der Waals surface area (Å²) in [5.74, 6) is 2.14. The Kier molecular flexibility index (Phi) is 7.99. The van der Waals surface area contributed by atoms with Crippen LogP contribution in [0, 0.1) is 0 Å². The Labute approximate surface area is 155 Å². The van der Waals surface area contributed by atoms with E-state index in [4.69, 9.17) is 14.2 Å². The van der Waals surface area contributed by atoms with E-state index in [1.165, 1.54) is 5.56 Å². The number of hydrogen-bond donors (Lipinski definition) is 2. The van der Waals surface area contributed by atoms with E-state index in [9.17, 15) is 5.11 Å². The van der Waals surface area contributed by atoms with E-state index >= 15 is 0 Å². The molecule has 0 saturated heterocycles. The average Bonchev–Trinajstić information content (AvgIpc) is 2.67. The van der Waals surface area contributed by atoms with Crippen LogP contribution in [0.25, 0.3) is 6.08 Å². The molecule has 26 heavy (non-hydrogen) atoms. The highest BCUT2D eigenvalue weighted by Gasteiger charge is 2.11. The number of methoxy groups -OCH3 is 2. The molecule has 0 unspecified atom stereocenters. The van der Waals surface area contributed by atoms with Crippen LogP contribution in [0.15, 0.2) is 48.5 Å². The minimum Gasteiger partial charge on any atom is -0.497 e. The summed E-state index contributed by atoms with van der Waals surface area (Å²) in [6.07, 6.45) is 3.40. The van der Waals surface area contributed by atoms with Crippen molar-refractivity contribution in [2.24, 2.45) is 0 Å². The van der Waals surface area contributed by atoms with Gasteiger partial charge in [-0.1, -0.05) is 18.2 Å². The lowest BCUT2D eigenvalue weighted by atomic mass is 10.2. The van der Waals surface area contributed by atoms with Gasteiger partial charge >= 0.3 is 0 Å². The molecule has 5 nitrogen and oxygen atoms in total. The molecule has 5 heteroatoms. The van der Waals surface area contributed by atoms with Crippen molar-refractivity contribution in [2.75, 3.05) is 27.4 Å². The van der Waals surface area contributed by atoms with Crippen LogP contribution in [0.5, 0.6) is 17.2 Å². The maximum atomic E-state index is 10.1. The largest absolute Gasteiger partial charge is 0.497 e. The molecule has 0 aliphatic rings. The summed E-state index contributed by atoms with van der Waals surface area (Å²) >= 11 is 0. The third-order valence-corrected chi connectivity index (χ3v) is 3.96. The van der Waals surface area contributed by atoms with Gasteiger partial charge in [0.15, 0.2) is 11.5 Å². The zero-order chi connectivity index (χ0) is 18.8. The molecule has 0 aromatic heterocycles. The van der Waals surface area contributed by atoms with Gasteiger partial charge in [0, 0.05) is 5.56 Å². The van der Waals surface area contributed by atoms with Crippen molar-refractivity contribution in [3.8, 4) is 17.2 Å². The second-order valence-corrected chi connectivity index (χ2v) is 5.95. The Morgan fingerprint density at radius 2 is 1.81 bits per heavy atom. The number of aliphatic hydroxyl groups is 1. The Morgan fingerprint density at radius 1 is 1.04 bits per heavy atom. The van der Waals surface area contributed by atoms with Crippen LogP contribution in [0.2, 0.25) is 0 Å². The van der Waals surface area contributed by atoms with E-state index in [2.05, 4.69) is 5.32 Å². The molecule has 2 aromatic rings. The van der Waals surface area contributed by atoms with Crippen LogP contribution in [0.3, 0.4) is 0 Å². The molecule has 3 N–H and O–H groups in total. The Bertz CT molecular complexity index is 698. The van der Waals surface area contributed by atoms with E-state index < -0.39 is 6.10 Å². The molecule has 0 amide bonds. The number of hydrogen-bond acceptors (Lipinski definition) is 4. The van der Waals surface area contributed by atoms with Gasteiger partial charge < -0.3 is 24.6 Å². The summed E-state index contributed by atoms with van der Waals surface area (Å²) in [7, 11) is 3.27. The van der Waals surface area contributed by atoms with Crippen molar-refractivity contribution in [3.05, 3.63) is 59.7 Å². The van der Waals surface area contributed by atoms with Crippen molar-refractivity contribution in [3.63, 3.8) is 0 Å². The molecule has 0 bridgehead atoms. The maximum Gasteiger partial charge on any atom is 0.161 e. The molecule has 0 fully saturated rings. The zero-order valence-corrected chi connectivity index (χ0v) is 15.6. The number of allylic oxidation sites excluding steroid dienone is 1. The third kappa shape index (κ3) is 6.10. The monoisotopic (exact) mass is 358 g/mol. The fraction of sp³-hybridized carbons (Fsp3) is 0.333. The summed E-state index contributed by atoms with van der Waals surface area (Å²) in [6.45, 7) is 3.54. The number of aliphatic hydroxyl groups excluding tert-OH is 1. The molecule has 1 atom stereocenters. The number of rotatable bonds is 10. The SMILES string of the molecule is C/C=C/c1ccc(OC[C@@H](O)C[NH2+]Cc2ccc(OC)cc2)c(OC)c1. The Hall–Kier alpha value is -2.50. The molecule has 0 radical (unpaired) electrons. The van der Waals surface area contributed by atoms with Crippen molar-refractivity contribution < 1.29 is 24.6 Å². The highest BCUT2D eigenvalue weighted by molar-refractivity contribution is 5.55. The molecule has 140 valence electrons. The summed E-state index contributed by atoms with van der Waals surface area (Å²) in [4.78, 5) is 0. The van der Waals surface area contributed by atoms with Gasteiger partial charge in [-0.05, 0) is 48.9 Å². The van der Waals surface area contributed by atoms with Crippen molar-refractivity contribution in [1.29, 1.82) is 0 Å². The fourth-order valence-electron chi connectivity index (χ4n) is 2.56. The van der Waals surface area contributed by atoms with Crippen LogP contribution in [-0.4, -0.2) is 38.6 Å². The van der Waals surface area contributed by atoms with Crippen LogP contribution in [0.4, 0.5) is 0 Å². The zero-order valence-electron chi connectivity index (χ0n) is 15.6. The fourth-order valence-corrected chi connectivity index (χ4v) is 2.56. The van der Waals surface area contributed by atoms with Gasteiger partial charge in [-0.25, -0.2) is 0 Å². The minimum absolute atomic E-state index is 0.221. The van der Waals surface area contributed by atoms with E-state index in [1.54, 1.807) is 14.2 Å². The predicted molar refractivity (Wildman–Crippen MR) is 103 cm³/mol. The number of ether oxygens (including phenoxy) is 3. The number of benzene rings is 2. The van der Waals surface area contributed by atoms with Crippen LogP contribution < -0.4 is 19.5 Å². The maximum absolute atomic E-state index is 10.1. The lowest BCUT2D eigenvalue weighted by Gasteiger charge is -2.14. The lowest BCUT2D eigenvalue weighted by Crippen LogP contribution is -2.85. The van der Waals surface area contributed by atoms with Gasteiger partial charge in [-0.15, -0.1) is 0 Å². The first-order valence-corrected chi connectivity index (χ1v) is 8.72. The predicted octanol–water partition coefficient (Wildman–Crippen LogP) is 2.24. The second kappa shape index (κ2) is 10.5. The minimum atomic E-state index is -0.562. The van der Waals surface area contributed by atoms with Gasteiger partial charge in [-0.3, -0.25) is 0 Å². The van der Waals surface area contributed by atoms with Gasteiger partial charge in [0.1, 0.15) is 31.5 Å². The first kappa shape index (κ1) is 19.8. The molecule has 2 aromatic carbocycles. The standard InChI is InChI=1S/C21H27NO4/c1-4-5-16-8-11-20(21(12-16)25-3)26-15-18(23)14-22-13-17-6-9-19(24-2)10-7-17/h4-12,18,22-23H,13-15H2,1-3H3/p+1/b5-4+/t18-/m0/s1. The van der Waals surface area contributed by atoms with Crippen molar-refractivity contribution in [2.45, 2.75) is 19.6 Å². The summed E-state index contributed by atoms with van der Waals surface area (Å²) in [5, 5.41) is 12.2. The second-order valence-electron chi connectivity index (χ2n) is 5.95. The van der Waals surface area contributed by atoms with E-state index in [0.717, 1.165) is 17.9 Å². The van der Waals surface area contributed by atoms with E-state index in [1.807, 2.05) is 61.5 Å². The number of nitrogens with two attached hydrogens (primary N) is 1. The highest BCUT2D eigenvalue weighted by Crippen LogP contribution is 2.28. The Morgan fingerprint density at radius 3 is 2.46 bits per heavy atom. The molecular weight excluding hydrogens is 330 g/mol. The molecule has 0 spiro atoms. The molecule has 0 heterocycles. The molecular formula is C21H28NO4+. The van der Waals surface area contributed by atoms with E-state index in [-0.39, 0.29) is 6.61 Å². The van der Waals surface area contributed by atoms with Crippen LogP contribution >= 0.6 is 0 Å². The molecule has 0 aliphatic carbocycles. The molecule has 2 rings (SSSR count). The number of quaternary nitrogens is 1. The van der Waals surface area contributed by atoms with Gasteiger partial charge in [0.05, 0.1) is 14.2 Å². The van der Waals surface area contributed by atoms with Crippen molar-refractivity contribution >= 4 is 6.08 Å². The summed E-state index contributed by atoms with van der Waals surface area (Å²) < 4.78 is 16.2. The lowest BCUT2D eigenvalue weighted by molar-refractivity contribution is -0.676. The third-order valence-electron chi connectivity index (χ3n) is 3.96. The van der Waals surface area contributed by atoms with Gasteiger partial charge in [0.2, 0.25) is 0 Å². The van der Waals surface area contributed by atoms with E-state index in [0.29, 0.717) is 18.0 Å². The first-order valence-electron chi connectivity index (χ1n) is 8.72. The summed E-state index contributed by atoms with van der Waals surface area (Å²) in [5.41, 5.74) is 2.23. The first-order chi connectivity index (χ1) is 12.7. The van der Waals surface area contributed by atoms with Gasteiger partial charge in [-0.2, -0.15) is 0 Å². The Balaban J connectivity index is 1.78. The van der Waals surface area contributed by atoms with Crippen LogP contribution in [0.1, 0.15) is 18.1 Å². The normalized spacial score (nSPS) is 12.2. The van der Waals surface area contributed by atoms with Crippen molar-refractivity contribution in [1.82, 2.24) is 0 Å².